The van der Waals surface area contributed by atoms with Gasteiger partial charge < -0.3 is 15.0 Å². The average Bonchev–Trinajstić information content (AvgIpc) is 3.11. The minimum Gasteiger partial charge on any atom is -0.353 e. The Morgan fingerprint density at radius 3 is 2.89 bits per heavy atom. The summed E-state index contributed by atoms with van der Waals surface area (Å²) in [7, 11) is -3.29. The smallest absolute Gasteiger partial charge is 0.225 e. The summed E-state index contributed by atoms with van der Waals surface area (Å²) in [6, 6.07) is 4.99. The molecule has 2 fully saturated rings. The zero-order chi connectivity index (χ0) is 19.2. The van der Waals surface area contributed by atoms with Gasteiger partial charge in [0.1, 0.15) is 11.3 Å². The lowest BCUT2D eigenvalue weighted by Gasteiger charge is -2.39. The first-order chi connectivity index (χ1) is 12.7. The minimum absolute atomic E-state index is 0.0761. The summed E-state index contributed by atoms with van der Waals surface area (Å²) >= 11 is 0. The van der Waals surface area contributed by atoms with Gasteiger partial charge in [0.2, 0.25) is 5.91 Å². The molecule has 1 aliphatic heterocycles. The van der Waals surface area contributed by atoms with E-state index in [4.69, 9.17) is 0 Å². The van der Waals surface area contributed by atoms with Crippen molar-refractivity contribution in [1.29, 1.82) is 0 Å². The molecule has 0 unspecified atom stereocenters. The van der Waals surface area contributed by atoms with E-state index in [1.165, 1.54) is 6.92 Å². The van der Waals surface area contributed by atoms with Gasteiger partial charge in [-0.15, -0.1) is 0 Å². The average molecular weight is 394 g/mol. The number of alkyl halides is 1. The molecule has 27 heavy (non-hydrogen) atoms. The van der Waals surface area contributed by atoms with Crippen LogP contribution in [0, 0.1) is 5.92 Å². The van der Waals surface area contributed by atoms with E-state index in [1.807, 2.05) is 28.8 Å². The van der Waals surface area contributed by atoms with Crippen molar-refractivity contribution in [2.24, 2.45) is 5.92 Å². The van der Waals surface area contributed by atoms with E-state index in [0.29, 0.717) is 6.54 Å². The topological polar surface area (TPSA) is 92.6 Å². The van der Waals surface area contributed by atoms with Crippen LogP contribution in [-0.2, 0) is 21.2 Å². The van der Waals surface area contributed by atoms with Gasteiger partial charge in [0.25, 0.3) is 0 Å². The quantitative estimate of drug-likeness (QED) is 0.784. The van der Waals surface area contributed by atoms with Gasteiger partial charge in [-0.05, 0) is 19.1 Å². The van der Waals surface area contributed by atoms with Crippen molar-refractivity contribution in [2.45, 2.75) is 44.1 Å². The molecule has 1 saturated carbocycles. The van der Waals surface area contributed by atoms with Crippen LogP contribution in [0.5, 0.6) is 0 Å². The summed E-state index contributed by atoms with van der Waals surface area (Å²) in [5.41, 5.74) is 0.462. The first-order valence-corrected chi connectivity index (χ1v) is 10.9. The molecule has 0 radical (unpaired) electrons. The molecule has 9 heteroatoms. The van der Waals surface area contributed by atoms with E-state index < -0.39 is 27.5 Å². The Kier molecular flexibility index (Phi) is 4.46. The van der Waals surface area contributed by atoms with Crippen LogP contribution in [-0.4, -0.2) is 53.0 Å². The maximum Gasteiger partial charge on any atom is 0.225 e. The van der Waals surface area contributed by atoms with E-state index in [2.05, 4.69) is 15.6 Å². The fraction of sp³-hybridized carbons (Fsp3) is 0.556. The van der Waals surface area contributed by atoms with Crippen LogP contribution < -0.4 is 10.6 Å². The summed E-state index contributed by atoms with van der Waals surface area (Å²) in [6.45, 7) is 1.91. The van der Waals surface area contributed by atoms with Crippen LogP contribution in [0.1, 0.15) is 25.5 Å². The van der Waals surface area contributed by atoms with Crippen molar-refractivity contribution >= 4 is 21.4 Å². The predicted octanol–water partition coefficient (Wildman–Crippen LogP) is 0.844. The zero-order valence-electron chi connectivity index (χ0n) is 15.1. The first kappa shape index (κ1) is 18.4. The van der Waals surface area contributed by atoms with E-state index in [9.17, 15) is 17.6 Å². The molecule has 0 bridgehead atoms. The number of amides is 1. The van der Waals surface area contributed by atoms with Gasteiger partial charge in [0.15, 0.2) is 9.84 Å². The van der Waals surface area contributed by atoms with Crippen LogP contribution in [0.4, 0.5) is 4.39 Å². The fourth-order valence-corrected chi connectivity index (χ4v) is 6.00. The Morgan fingerprint density at radius 2 is 2.15 bits per heavy atom. The van der Waals surface area contributed by atoms with Crippen molar-refractivity contribution in [3.63, 3.8) is 0 Å². The van der Waals surface area contributed by atoms with Crippen LogP contribution in [0.3, 0.4) is 0 Å². The number of nitrogens with one attached hydrogen (secondary N) is 2. The highest BCUT2D eigenvalue weighted by Gasteiger charge is 2.45. The number of nitrogens with zero attached hydrogens (tertiary/aromatic N) is 2. The number of pyridine rings is 1. The number of sulfone groups is 1. The number of hydrogen-bond acceptors (Lipinski definition) is 5. The molecule has 2 aromatic rings. The Bertz CT molecular complexity index is 964. The molecule has 2 aromatic heterocycles. The number of rotatable bonds is 5. The lowest BCUT2D eigenvalue weighted by molar-refractivity contribution is -0.127. The zero-order valence-corrected chi connectivity index (χ0v) is 15.9. The van der Waals surface area contributed by atoms with Crippen LogP contribution in [0.15, 0.2) is 30.6 Å². The molecule has 2 atom stereocenters. The maximum absolute atomic E-state index is 13.6. The van der Waals surface area contributed by atoms with E-state index in [-0.39, 0.29) is 36.3 Å². The second-order valence-electron chi connectivity index (χ2n) is 7.88. The predicted molar refractivity (Wildman–Crippen MR) is 98.6 cm³/mol. The summed E-state index contributed by atoms with van der Waals surface area (Å²) < 4.78 is 39.7. The molecule has 7 nitrogen and oxygen atoms in total. The lowest BCUT2D eigenvalue weighted by atomic mass is 9.78. The van der Waals surface area contributed by atoms with Crippen LogP contribution in [0.2, 0.25) is 0 Å². The summed E-state index contributed by atoms with van der Waals surface area (Å²) in [5.74, 6) is -1.23. The Hall–Kier alpha value is -2.00. The molecule has 2 N–H and O–H groups in total. The number of carbonyl (C=O) groups is 1. The highest BCUT2D eigenvalue weighted by molar-refractivity contribution is 7.91. The van der Waals surface area contributed by atoms with E-state index >= 15 is 0 Å². The Balaban J connectivity index is 1.42. The molecule has 1 amide bonds. The normalized spacial score (nSPS) is 32.3. The molecular weight excluding hydrogens is 371 g/mol. The van der Waals surface area contributed by atoms with Gasteiger partial charge in [0.05, 0.1) is 29.3 Å². The van der Waals surface area contributed by atoms with Gasteiger partial charge in [-0.2, -0.15) is 0 Å². The lowest BCUT2D eigenvalue weighted by Crippen LogP contribution is -2.54. The minimum atomic E-state index is -3.29. The molecule has 146 valence electrons. The SMILES string of the molecule is CC1(F)CC(NC(=O)[C@@H]2CS(=O)(=O)C[C@H]2NCc2cnc3ccccn23)C1. The molecule has 1 aliphatic carbocycles. The monoisotopic (exact) mass is 394 g/mol. The van der Waals surface area contributed by atoms with Crippen molar-refractivity contribution in [3.8, 4) is 0 Å². The third-order valence-corrected chi connectivity index (χ3v) is 7.15. The highest BCUT2D eigenvalue weighted by Crippen LogP contribution is 2.35. The number of hydrogen-bond donors (Lipinski definition) is 2. The van der Waals surface area contributed by atoms with E-state index in [0.717, 1.165) is 11.3 Å². The number of imidazole rings is 1. The largest absolute Gasteiger partial charge is 0.353 e. The molecular formula is C18H23FN4O3S. The molecule has 4 rings (SSSR count). The number of fused-ring (bicyclic) bond motifs is 1. The summed E-state index contributed by atoms with van der Waals surface area (Å²) in [5, 5.41) is 6.02. The van der Waals surface area contributed by atoms with Crippen LogP contribution >= 0.6 is 0 Å². The van der Waals surface area contributed by atoms with Crippen molar-refractivity contribution < 1.29 is 17.6 Å². The molecule has 0 spiro atoms. The molecule has 1 saturated heterocycles. The second kappa shape index (κ2) is 6.56. The number of carbonyl (C=O) groups excluding carboxylic acids is 1. The van der Waals surface area contributed by atoms with E-state index in [1.54, 1.807) is 6.20 Å². The Morgan fingerprint density at radius 1 is 1.37 bits per heavy atom. The number of aromatic nitrogens is 2. The third-order valence-electron chi connectivity index (χ3n) is 5.42. The second-order valence-corrected chi connectivity index (χ2v) is 10.0. The third kappa shape index (κ3) is 3.84. The maximum atomic E-state index is 13.6. The molecule has 0 aromatic carbocycles. The van der Waals surface area contributed by atoms with Gasteiger partial charge in [0, 0.05) is 37.7 Å². The molecule has 3 heterocycles. The van der Waals surface area contributed by atoms with Crippen molar-refractivity contribution in [3.05, 3.63) is 36.3 Å². The number of halogens is 1. The van der Waals surface area contributed by atoms with Gasteiger partial charge in [-0.25, -0.2) is 17.8 Å². The molecule has 2 aliphatic rings. The van der Waals surface area contributed by atoms with Crippen LogP contribution in [0.25, 0.3) is 5.65 Å². The first-order valence-electron chi connectivity index (χ1n) is 9.06. The highest BCUT2D eigenvalue weighted by atomic mass is 32.2. The van der Waals surface area contributed by atoms with Crippen molar-refractivity contribution in [1.82, 2.24) is 20.0 Å². The Labute approximate surface area is 157 Å². The van der Waals surface area contributed by atoms with Gasteiger partial charge in [-0.1, -0.05) is 6.07 Å². The fourth-order valence-electron chi connectivity index (χ4n) is 4.04. The van der Waals surface area contributed by atoms with Crippen molar-refractivity contribution in [2.75, 3.05) is 11.5 Å². The summed E-state index contributed by atoms with van der Waals surface area (Å²) in [4.78, 5) is 16.9. The summed E-state index contributed by atoms with van der Waals surface area (Å²) in [6.07, 6.45) is 4.17. The van der Waals surface area contributed by atoms with Gasteiger partial charge in [-0.3, -0.25) is 4.79 Å². The standard InChI is InChI=1S/C18H23FN4O3S/c1-18(19)6-12(7-18)22-17(24)14-10-27(25,26)11-15(14)20-8-13-9-21-16-4-2-3-5-23(13)16/h2-5,9,12,14-15,20H,6-8,10-11H2,1H3,(H,22,24)/t12?,14-,15-,18?/m1/s1. The van der Waals surface area contributed by atoms with Gasteiger partial charge >= 0.3 is 0 Å².